The average Bonchev–Trinajstić information content (AvgIpc) is 3.07. The SMILES string of the molecule is Cc1cccc(OCC(=O)N2[C@H]3CC[C@@H]2c2cnc(-c4ccc(F)cc4)nc2C3)c1. The van der Waals surface area contributed by atoms with Crippen LogP contribution in [0.15, 0.2) is 54.7 Å². The van der Waals surface area contributed by atoms with Gasteiger partial charge >= 0.3 is 0 Å². The summed E-state index contributed by atoms with van der Waals surface area (Å²) in [7, 11) is 0. The molecule has 30 heavy (non-hydrogen) atoms. The first-order valence-electron chi connectivity index (χ1n) is 10.2. The molecule has 5 nitrogen and oxygen atoms in total. The third kappa shape index (κ3) is 3.43. The van der Waals surface area contributed by atoms with Crippen molar-refractivity contribution in [3.63, 3.8) is 0 Å². The maximum atomic E-state index is 13.2. The van der Waals surface area contributed by atoms with Gasteiger partial charge in [-0.05, 0) is 61.7 Å². The van der Waals surface area contributed by atoms with Crippen LogP contribution in [0.4, 0.5) is 4.39 Å². The molecule has 1 saturated heterocycles. The van der Waals surface area contributed by atoms with Crippen LogP contribution in [0.3, 0.4) is 0 Å². The van der Waals surface area contributed by atoms with Gasteiger partial charge in [0.2, 0.25) is 0 Å². The Bertz CT molecular complexity index is 1100. The summed E-state index contributed by atoms with van der Waals surface area (Å²) in [5.41, 5.74) is 3.89. The molecule has 6 heteroatoms. The van der Waals surface area contributed by atoms with Gasteiger partial charge in [-0.15, -0.1) is 0 Å². The predicted molar refractivity (Wildman–Crippen MR) is 110 cm³/mol. The van der Waals surface area contributed by atoms with Crippen LogP contribution in [0, 0.1) is 12.7 Å². The Balaban J connectivity index is 1.35. The first kappa shape index (κ1) is 18.7. The molecule has 152 valence electrons. The normalized spacial score (nSPS) is 19.5. The standard InChI is InChI=1S/C24H22FN3O2/c1-15-3-2-4-19(11-15)30-14-23(29)28-18-9-10-22(28)20-13-26-24(27-21(20)12-18)16-5-7-17(25)8-6-16/h2-8,11,13,18,22H,9-10,12,14H2,1H3/t18-,22+/m0/s1. The van der Waals surface area contributed by atoms with Crippen LogP contribution in [-0.4, -0.2) is 33.4 Å². The molecule has 2 atom stereocenters. The number of aryl methyl sites for hydroxylation is 1. The molecule has 1 fully saturated rings. The highest BCUT2D eigenvalue weighted by Gasteiger charge is 2.43. The molecule has 3 heterocycles. The first-order valence-corrected chi connectivity index (χ1v) is 10.2. The second-order valence-electron chi connectivity index (χ2n) is 7.96. The van der Waals surface area contributed by atoms with E-state index in [9.17, 15) is 9.18 Å². The van der Waals surface area contributed by atoms with Gasteiger partial charge in [-0.1, -0.05) is 12.1 Å². The summed E-state index contributed by atoms with van der Waals surface area (Å²) in [4.78, 5) is 24.2. The van der Waals surface area contributed by atoms with Crippen LogP contribution in [0.2, 0.25) is 0 Å². The van der Waals surface area contributed by atoms with Crippen LogP contribution in [0.5, 0.6) is 5.75 Å². The molecule has 1 amide bonds. The minimum absolute atomic E-state index is 0.00253. The van der Waals surface area contributed by atoms with Gasteiger partial charge in [0.1, 0.15) is 11.6 Å². The molecule has 0 radical (unpaired) electrons. The molecule has 0 unspecified atom stereocenters. The smallest absolute Gasteiger partial charge is 0.261 e. The van der Waals surface area contributed by atoms with Gasteiger partial charge in [0, 0.05) is 29.8 Å². The number of aromatic nitrogens is 2. The second-order valence-corrected chi connectivity index (χ2v) is 7.96. The molecule has 0 spiro atoms. The predicted octanol–water partition coefficient (Wildman–Crippen LogP) is 4.26. The maximum Gasteiger partial charge on any atom is 0.261 e. The molecule has 1 aromatic heterocycles. The Kier molecular flexibility index (Phi) is 4.69. The summed E-state index contributed by atoms with van der Waals surface area (Å²) in [5, 5.41) is 0. The van der Waals surface area contributed by atoms with Crippen LogP contribution in [0.1, 0.15) is 35.7 Å². The van der Waals surface area contributed by atoms with E-state index in [1.807, 2.05) is 42.3 Å². The number of carbonyl (C=O) groups is 1. The lowest BCUT2D eigenvalue weighted by Crippen LogP contribution is -2.44. The van der Waals surface area contributed by atoms with Crippen LogP contribution < -0.4 is 4.74 Å². The largest absolute Gasteiger partial charge is 0.484 e. The third-order valence-corrected chi connectivity index (χ3v) is 5.93. The zero-order chi connectivity index (χ0) is 20.7. The van der Waals surface area contributed by atoms with Crippen LogP contribution in [-0.2, 0) is 11.2 Å². The minimum atomic E-state index is -0.281. The number of fused-ring (bicyclic) bond motifs is 4. The third-order valence-electron chi connectivity index (χ3n) is 5.93. The fourth-order valence-electron chi connectivity index (χ4n) is 4.52. The van der Waals surface area contributed by atoms with Gasteiger partial charge in [-0.2, -0.15) is 0 Å². The van der Waals surface area contributed by atoms with Crippen LogP contribution >= 0.6 is 0 Å². The molecule has 0 aliphatic carbocycles. The molecule has 2 aromatic carbocycles. The van der Waals surface area contributed by atoms with E-state index in [0.29, 0.717) is 18.0 Å². The first-order chi connectivity index (χ1) is 14.6. The van der Waals surface area contributed by atoms with Gasteiger partial charge in [-0.25, -0.2) is 14.4 Å². The Labute approximate surface area is 174 Å². The maximum absolute atomic E-state index is 13.2. The van der Waals surface area contributed by atoms with Crippen molar-refractivity contribution in [3.8, 4) is 17.1 Å². The van der Waals surface area contributed by atoms with Crippen molar-refractivity contribution < 1.29 is 13.9 Å². The van der Waals surface area contributed by atoms with E-state index in [1.54, 1.807) is 12.1 Å². The zero-order valence-corrected chi connectivity index (χ0v) is 16.7. The Morgan fingerprint density at radius 2 is 2.03 bits per heavy atom. The van der Waals surface area contributed by atoms with Crippen molar-refractivity contribution in [1.82, 2.24) is 14.9 Å². The Morgan fingerprint density at radius 3 is 2.83 bits per heavy atom. The fourth-order valence-corrected chi connectivity index (χ4v) is 4.52. The number of ether oxygens (including phenoxy) is 1. The van der Waals surface area contributed by atoms with Crippen molar-refractivity contribution in [3.05, 3.63) is 77.4 Å². The number of carbonyl (C=O) groups excluding carboxylic acids is 1. The lowest BCUT2D eigenvalue weighted by atomic mass is 9.99. The van der Waals surface area contributed by atoms with E-state index in [-0.39, 0.29) is 30.4 Å². The molecule has 2 aliphatic rings. The van der Waals surface area contributed by atoms with Crippen molar-refractivity contribution in [2.24, 2.45) is 0 Å². The molecule has 3 aromatic rings. The number of hydrogen-bond donors (Lipinski definition) is 0. The number of amides is 1. The molecule has 0 N–H and O–H groups in total. The summed E-state index contributed by atoms with van der Waals surface area (Å²) < 4.78 is 19.0. The summed E-state index contributed by atoms with van der Waals surface area (Å²) >= 11 is 0. The number of hydrogen-bond acceptors (Lipinski definition) is 4. The van der Waals surface area contributed by atoms with E-state index < -0.39 is 0 Å². The number of nitrogens with zero attached hydrogens (tertiary/aromatic N) is 3. The number of rotatable bonds is 4. The summed E-state index contributed by atoms with van der Waals surface area (Å²) in [6.07, 6.45) is 4.39. The molecular formula is C24H22FN3O2. The van der Waals surface area contributed by atoms with E-state index in [0.717, 1.165) is 35.2 Å². The highest BCUT2D eigenvalue weighted by Crippen LogP contribution is 2.43. The Hall–Kier alpha value is -3.28. The summed E-state index contributed by atoms with van der Waals surface area (Å²) in [6.45, 7) is 2.02. The van der Waals surface area contributed by atoms with E-state index in [1.165, 1.54) is 12.1 Å². The molecule has 5 rings (SSSR count). The molecule has 2 bridgehead atoms. The molecule has 2 aliphatic heterocycles. The monoisotopic (exact) mass is 403 g/mol. The summed E-state index contributed by atoms with van der Waals surface area (Å²) in [5.74, 6) is 1.02. The van der Waals surface area contributed by atoms with Crippen molar-refractivity contribution in [2.75, 3.05) is 6.61 Å². The van der Waals surface area contributed by atoms with Gasteiger partial charge in [0.15, 0.2) is 12.4 Å². The van der Waals surface area contributed by atoms with Crippen molar-refractivity contribution in [1.29, 1.82) is 0 Å². The Morgan fingerprint density at radius 1 is 1.20 bits per heavy atom. The van der Waals surface area contributed by atoms with Crippen LogP contribution in [0.25, 0.3) is 11.4 Å². The van der Waals surface area contributed by atoms with E-state index in [4.69, 9.17) is 9.72 Å². The topological polar surface area (TPSA) is 55.3 Å². The highest BCUT2D eigenvalue weighted by molar-refractivity contribution is 5.79. The zero-order valence-electron chi connectivity index (χ0n) is 16.7. The minimum Gasteiger partial charge on any atom is -0.484 e. The lowest BCUT2D eigenvalue weighted by Gasteiger charge is -2.35. The molecular weight excluding hydrogens is 381 g/mol. The van der Waals surface area contributed by atoms with Crippen molar-refractivity contribution in [2.45, 2.75) is 38.3 Å². The number of halogens is 1. The van der Waals surface area contributed by atoms with Crippen molar-refractivity contribution >= 4 is 5.91 Å². The van der Waals surface area contributed by atoms with Gasteiger partial charge in [0.25, 0.3) is 5.91 Å². The average molecular weight is 403 g/mol. The van der Waals surface area contributed by atoms with E-state index >= 15 is 0 Å². The van der Waals surface area contributed by atoms with E-state index in [2.05, 4.69) is 4.98 Å². The summed E-state index contributed by atoms with van der Waals surface area (Å²) in [6, 6.07) is 14.0. The van der Waals surface area contributed by atoms with Gasteiger partial charge in [0.05, 0.1) is 11.7 Å². The quantitative estimate of drug-likeness (QED) is 0.653. The second kappa shape index (κ2) is 7.52. The molecule has 0 saturated carbocycles. The number of benzene rings is 2. The highest BCUT2D eigenvalue weighted by atomic mass is 19.1. The lowest BCUT2D eigenvalue weighted by molar-refractivity contribution is -0.137. The fraction of sp³-hybridized carbons (Fsp3) is 0.292. The van der Waals surface area contributed by atoms with Gasteiger partial charge in [-0.3, -0.25) is 4.79 Å². The van der Waals surface area contributed by atoms with Gasteiger partial charge < -0.3 is 9.64 Å².